The van der Waals surface area contributed by atoms with E-state index in [1.807, 2.05) is 47.8 Å². The molecule has 2 aromatic carbocycles. The quantitative estimate of drug-likeness (QED) is 0.608. The van der Waals surface area contributed by atoms with Crippen LogP contribution in [-0.4, -0.2) is 31.7 Å². The third kappa shape index (κ3) is 4.29. The summed E-state index contributed by atoms with van der Waals surface area (Å²) in [7, 11) is -3.56. The standard InChI is InChI=1S/C23H26N2O3S2/c1-2-21(22-8-5-15-29-22)24-23(26)18-11-13-25(14-12-18)30(27,28)20-10-9-17-6-3-4-7-19(17)16-20/h3-10,15-16,18,21H,2,11-14H2,1H3,(H,24,26). The summed E-state index contributed by atoms with van der Waals surface area (Å²) >= 11 is 1.64. The summed E-state index contributed by atoms with van der Waals surface area (Å²) in [5, 5.41) is 7.09. The Morgan fingerprint density at radius 1 is 1.10 bits per heavy atom. The lowest BCUT2D eigenvalue weighted by atomic mass is 9.96. The van der Waals surface area contributed by atoms with Crippen molar-refractivity contribution in [3.8, 4) is 0 Å². The average molecular weight is 443 g/mol. The predicted octanol–water partition coefficient (Wildman–Crippen LogP) is 4.57. The van der Waals surface area contributed by atoms with E-state index >= 15 is 0 Å². The molecular weight excluding hydrogens is 416 g/mol. The number of benzene rings is 2. The molecule has 7 heteroatoms. The summed E-state index contributed by atoms with van der Waals surface area (Å²) in [6.07, 6.45) is 1.92. The Kier molecular flexibility index (Phi) is 6.22. The van der Waals surface area contributed by atoms with Crippen LogP contribution in [0.5, 0.6) is 0 Å². The summed E-state index contributed by atoms with van der Waals surface area (Å²) in [6.45, 7) is 2.79. The molecule has 3 aromatic rings. The Hall–Kier alpha value is -2.22. The molecule has 1 amide bonds. The minimum absolute atomic E-state index is 0.0249. The van der Waals surface area contributed by atoms with Gasteiger partial charge in [0.15, 0.2) is 0 Å². The topological polar surface area (TPSA) is 66.5 Å². The van der Waals surface area contributed by atoms with Gasteiger partial charge in [0.2, 0.25) is 15.9 Å². The molecule has 5 nitrogen and oxygen atoms in total. The highest BCUT2D eigenvalue weighted by Gasteiger charge is 2.32. The zero-order valence-corrected chi connectivity index (χ0v) is 18.6. The van der Waals surface area contributed by atoms with Crippen molar-refractivity contribution in [3.05, 3.63) is 64.9 Å². The second kappa shape index (κ2) is 8.88. The van der Waals surface area contributed by atoms with Crippen LogP contribution >= 0.6 is 11.3 Å². The van der Waals surface area contributed by atoms with Crippen LogP contribution in [0.4, 0.5) is 0 Å². The molecular formula is C23H26N2O3S2. The highest BCUT2D eigenvalue weighted by molar-refractivity contribution is 7.89. The van der Waals surface area contributed by atoms with E-state index in [0.717, 1.165) is 22.1 Å². The van der Waals surface area contributed by atoms with Gasteiger partial charge in [0, 0.05) is 23.9 Å². The zero-order valence-electron chi connectivity index (χ0n) is 17.0. The van der Waals surface area contributed by atoms with E-state index in [1.54, 1.807) is 23.5 Å². The molecule has 0 bridgehead atoms. The molecule has 158 valence electrons. The first-order valence-corrected chi connectivity index (χ1v) is 12.6. The monoisotopic (exact) mass is 442 g/mol. The van der Waals surface area contributed by atoms with Crippen molar-refractivity contribution in [2.75, 3.05) is 13.1 Å². The third-order valence-electron chi connectivity index (χ3n) is 5.79. The molecule has 1 aliphatic heterocycles. The van der Waals surface area contributed by atoms with Crippen molar-refractivity contribution < 1.29 is 13.2 Å². The Bertz CT molecular complexity index is 1120. The second-order valence-electron chi connectivity index (χ2n) is 7.67. The number of nitrogens with zero attached hydrogens (tertiary/aromatic N) is 1. The normalized spacial score (nSPS) is 17.1. The zero-order chi connectivity index (χ0) is 21.1. The first-order chi connectivity index (χ1) is 14.5. The molecule has 2 heterocycles. The Morgan fingerprint density at radius 2 is 1.83 bits per heavy atom. The molecule has 1 N–H and O–H groups in total. The average Bonchev–Trinajstić information content (AvgIpc) is 3.31. The molecule has 4 rings (SSSR count). The van der Waals surface area contributed by atoms with Crippen LogP contribution in [0.2, 0.25) is 0 Å². The van der Waals surface area contributed by atoms with Crippen molar-refractivity contribution >= 4 is 38.0 Å². The number of thiophene rings is 1. The SMILES string of the molecule is CCC(NC(=O)C1CCN(S(=O)(=O)c2ccc3ccccc3c2)CC1)c1cccs1. The molecule has 30 heavy (non-hydrogen) atoms. The Balaban J connectivity index is 1.41. The van der Waals surface area contributed by atoms with Crippen LogP contribution in [0.15, 0.2) is 64.9 Å². The summed E-state index contributed by atoms with van der Waals surface area (Å²) in [5.41, 5.74) is 0. The minimum atomic E-state index is -3.56. The molecule has 0 aliphatic carbocycles. The van der Waals surface area contributed by atoms with Crippen LogP contribution < -0.4 is 5.32 Å². The van der Waals surface area contributed by atoms with Crippen LogP contribution in [0.3, 0.4) is 0 Å². The lowest BCUT2D eigenvalue weighted by molar-refractivity contribution is -0.126. The first kappa shape index (κ1) is 21.0. The van der Waals surface area contributed by atoms with E-state index in [2.05, 4.69) is 12.2 Å². The molecule has 1 unspecified atom stereocenters. The Labute approximate surface area is 181 Å². The van der Waals surface area contributed by atoms with Gasteiger partial charge in [0.1, 0.15) is 0 Å². The van der Waals surface area contributed by atoms with Crippen molar-refractivity contribution in [3.63, 3.8) is 0 Å². The lowest BCUT2D eigenvalue weighted by Crippen LogP contribution is -2.43. The molecule has 0 spiro atoms. The first-order valence-electron chi connectivity index (χ1n) is 10.3. The van der Waals surface area contributed by atoms with Crippen molar-refractivity contribution in [1.82, 2.24) is 9.62 Å². The van der Waals surface area contributed by atoms with Gasteiger partial charge in [-0.2, -0.15) is 4.31 Å². The minimum Gasteiger partial charge on any atom is -0.348 e. The van der Waals surface area contributed by atoms with Crippen LogP contribution in [0, 0.1) is 5.92 Å². The van der Waals surface area contributed by atoms with Crippen LogP contribution in [0.1, 0.15) is 37.1 Å². The predicted molar refractivity (Wildman–Crippen MR) is 121 cm³/mol. The highest BCUT2D eigenvalue weighted by Crippen LogP contribution is 2.28. The lowest BCUT2D eigenvalue weighted by Gasteiger charge is -2.31. The number of nitrogens with one attached hydrogen (secondary N) is 1. The van der Waals surface area contributed by atoms with Crippen molar-refractivity contribution in [2.45, 2.75) is 37.1 Å². The number of fused-ring (bicyclic) bond motifs is 1. The molecule has 0 saturated carbocycles. The fourth-order valence-electron chi connectivity index (χ4n) is 3.99. The maximum atomic E-state index is 13.1. The van der Waals surface area contributed by atoms with E-state index in [1.165, 1.54) is 4.31 Å². The molecule has 0 radical (unpaired) electrons. The third-order valence-corrected chi connectivity index (χ3v) is 8.68. The van der Waals surface area contributed by atoms with Gasteiger partial charge in [-0.15, -0.1) is 11.3 Å². The van der Waals surface area contributed by atoms with Gasteiger partial charge in [-0.3, -0.25) is 4.79 Å². The molecule has 1 fully saturated rings. The highest BCUT2D eigenvalue weighted by atomic mass is 32.2. The molecule has 1 saturated heterocycles. The maximum absolute atomic E-state index is 13.1. The molecule has 1 atom stereocenters. The van der Waals surface area contributed by atoms with Crippen molar-refractivity contribution in [1.29, 1.82) is 0 Å². The smallest absolute Gasteiger partial charge is 0.243 e. The van der Waals surface area contributed by atoms with Gasteiger partial charge in [-0.1, -0.05) is 43.3 Å². The number of carbonyl (C=O) groups is 1. The van der Waals surface area contributed by atoms with Gasteiger partial charge < -0.3 is 5.32 Å². The molecule has 1 aromatic heterocycles. The van der Waals surface area contributed by atoms with Crippen molar-refractivity contribution in [2.24, 2.45) is 5.92 Å². The maximum Gasteiger partial charge on any atom is 0.243 e. The summed E-state index contributed by atoms with van der Waals surface area (Å²) in [6, 6.07) is 17.0. The van der Waals surface area contributed by atoms with Gasteiger partial charge >= 0.3 is 0 Å². The second-order valence-corrected chi connectivity index (χ2v) is 10.6. The van der Waals surface area contributed by atoms with E-state index in [0.29, 0.717) is 30.8 Å². The number of piperidine rings is 1. The number of amides is 1. The number of sulfonamides is 1. The number of hydrogen-bond donors (Lipinski definition) is 1. The largest absolute Gasteiger partial charge is 0.348 e. The fourth-order valence-corrected chi connectivity index (χ4v) is 6.36. The van der Waals surface area contributed by atoms with E-state index in [4.69, 9.17) is 0 Å². The number of carbonyl (C=O) groups excluding carboxylic acids is 1. The van der Waals surface area contributed by atoms with Gasteiger partial charge in [-0.25, -0.2) is 8.42 Å². The number of hydrogen-bond acceptors (Lipinski definition) is 4. The number of rotatable bonds is 6. The van der Waals surface area contributed by atoms with Crippen LogP contribution in [0.25, 0.3) is 10.8 Å². The van der Waals surface area contributed by atoms with E-state index in [-0.39, 0.29) is 17.9 Å². The summed E-state index contributed by atoms with van der Waals surface area (Å²) < 4.78 is 27.7. The van der Waals surface area contributed by atoms with Gasteiger partial charge in [0.05, 0.1) is 10.9 Å². The van der Waals surface area contributed by atoms with E-state index < -0.39 is 10.0 Å². The van der Waals surface area contributed by atoms with E-state index in [9.17, 15) is 13.2 Å². The summed E-state index contributed by atoms with van der Waals surface area (Å²) in [4.78, 5) is 14.2. The fraction of sp³-hybridized carbons (Fsp3) is 0.348. The van der Waals surface area contributed by atoms with Gasteiger partial charge in [0.25, 0.3) is 0 Å². The van der Waals surface area contributed by atoms with Gasteiger partial charge in [-0.05, 0) is 53.6 Å². The summed E-state index contributed by atoms with van der Waals surface area (Å²) in [5.74, 6) is -0.125. The van der Waals surface area contributed by atoms with Crippen LogP contribution in [-0.2, 0) is 14.8 Å². The molecule has 1 aliphatic rings. The Morgan fingerprint density at radius 3 is 2.50 bits per heavy atom.